The van der Waals surface area contributed by atoms with Gasteiger partial charge in [-0.1, -0.05) is 18.7 Å². The van der Waals surface area contributed by atoms with Crippen molar-refractivity contribution in [3.63, 3.8) is 0 Å². The minimum atomic E-state index is 0.237. The molecule has 0 saturated heterocycles. The smallest absolute Gasteiger partial charge is 0.190 e. The summed E-state index contributed by atoms with van der Waals surface area (Å²) in [6.45, 7) is 7.64. The van der Waals surface area contributed by atoms with Gasteiger partial charge in [-0.05, 0) is 20.3 Å². The Bertz CT molecular complexity index is 295. The van der Waals surface area contributed by atoms with Crippen LogP contribution in [0.3, 0.4) is 0 Å². The number of thioether (sulfide) groups is 1. The number of aryl methyl sites for hydroxylation is 1. The topological polar surface area (TPSA) is 42.7 Å². The van der Waals surface area contributed by atoms with Crippen LogP contribution < -0.4 is 5.32 Å². The summed E-state index contributed by atoms with van der Waals surface area (Å²) >= 11 is 1.73. The van der Waals surface area contributed by atoms with Crippen molar-refractivity contribution in [3.8, 4) is 0 Å². The molecule has 0 amide bonds. The second-order valence-electron chi connectivity index (χ2n) is 4.24. The summed E-state index contributed by atoms with van der Waals surface area (Å²) in [6, 6.07) is 0. The largest absolute Gasteiger partial charge is 0.312 e. The van der Waals surface area contributed by atoms with Gasteiger partial charge < -0.3 is 9.88 Å². The van der Waals surface area contributed by atoms with Crippen molar-refractivity contribution in [1.82, 2.24) is 20.1 Å². The van der Waals surface area contributed by atoms with Crippen LogP contribution in [0.25, 0.3) is 0 Å². The molecule has 0 radical (unpaired) electrons. The molecule has 1 aromatic heterocycles. The summed E-state index contributed by atoms with van der Waals surface area (Å²) in [7, 11) is 1.96. The van der Waals surface area contributed by atoms with Crippen molar-refractivity contribution < 1.29 is 0 Å². The quantitative estimate of drug-likeness (QED) is 0.594. The average molecular weight is 228 g/mol. The first-order valence-corrected chi connectivity index (χ1v) is 6.25. The highest BCUT2D eigenvalue weighted by atomic mass is 32.2. The van der Waals surface area contributed by atoms with Crippen molar-refractivity contribution in [1.29, 1.82) is 0 Å². The number of aromatic nitrogens is 3. The SMILES string of the molecule is CCC(C)(C)NCCSc1nncn1C. The molecule has 1 heterocycles. The first-order chi connectivity index (χ1) is 7.05. The fourth-order valence-electron chi connectivity index (χ4n) is 1.06. The fourth-order valence-corrected chi connectivity index (χ4v) is 1.80. The van der Waals surface area contributed by atoms with Crippen LogP contribution in [0.4, 0.5) is 0 Å². The zero-order chi connectivity index (χ0) is 11.3. The van der Waals surface area contributed by atoms with Crippen molar-refractivity contribution in [2.45, 2.75) is 37.9 Å². The van der Waals surface area contributed by atoms with E-state index < -0.39 is 0 Å². The van der Waals surface area contributed by atoms with Gasteiger partial charge in [0, 0.05) is 24.9 Å². The molecule has 0 saturated carbocycles. The molecule has 1 aromatic rings. The Morgan fingerprint density at radius 2 is 2.27 bits per heavy atom. The van der Waals surface area contributed by atoms with Gasteiger partial charge in [0.2, 0.25) is 0 Å². The Balaban J connectivity index is 2.20. The highest BCUT2D eigenvalue weighted by molar-refractivity contribution is 7.99. The van der Waals surface area contributed by atoms with Crippen molar-refractivity contribution in [2.24, 2.45) is 7.05 Å². The van der Waals surface area contributed by atoms with E-state index >= 15 is 0 Å². The lowest BCUT2D eigenvalue weighted by atomic mass is 10.0. The molecular formula is C10H20N4S. The molecule has 0 aliphatic carbocycles. The molecule has 1 rings (SSSR count). The molecule has 0 spiro atoms. The van der Waals surface area contributed by atoms with Gasteiger partial charge >= 0.3 is 0 Å². The zero-order valence-corrected chi connectivity index (χ0v) is 10.8. The molecule has 0 aliphatic rings. The molecular weight excluding hydrogens is 208 g/mol. The molecule has 4 nitrogen and oxygen atoms in total. The maximum absolute atomic E-state index is 4.02. The molecule has 5 heteroatoms. The summed E-state index contributed by atoms with van der Waals surface area (Å²) in [4.78, 5) is 0. The summed E-state index contributed by atoms with van der Waals surface area (Å²) in [5.74, 6) is 1.02. The summed E-state index contributed by atoms with van der Waals surface area (Å²) in [6.07, 6.45) is 2.87. The second-order valence-corrected chi connectivity index (χ2v) is 5.30. The number of hydrogen-bond acceptors (Lipinski definition) is 4. The Morgan fingerprint density at radius 3 is 2.80 bits per heavy atom. The molecule has 0 aromatic carbocycles. The standard InChI is InChI=1S/C10H20N4S/c1-5-10(2,3)11-6-7-15-9-13-12-8-14(9)4/h8,11H,5-7H2,1-4H3. The van der Waals surface area contributed by atoms with Gasteiger partial charge in [0.1, 0.15) is 6.33 Å². The molecule has 0 atom stereocenters. The van der Waals surface area contributed by atoms with Crippen LogP contribution in [0.15, 0.2) is 11.5 Å². The van der Waals surface area contributed by atoms with Gasteiger partial charge in [-0.2, -0.15) is 0 Å². The Labute approximate surface area is 95.9 Å². The third-order valence-corrected chi connectivity index (χ3v) is 3.53. The van der Waals surface area contributed by atoms with E-state index in [0.29, 0.717) is 0 Å². The zero-order valence-electron chi connectivity index (χ0n) is 9.95. The van der Waals surface area contributed by atoms with E-state index in [-0.39, 0.29) is 5.54 Å². The number of nitrogens with zero attached hydrogens (tertiary/aromatic N) is 3. The highest BCUT2D eigenvalue weighted by Gasteiger charge is 2.12. The monoisotopic (exact) mass is 228 g/mol. The van der Waals surface area contributed by atoms with E-state index in [4.69, 9.17) is 0 Å². The van der Waals surface area contributed by atoms with Gasteiger partial charge in [0.15, 0.2) is 5.16 Å². The normalized spacial score (nSPS) is 12.0. The molecule has 86 valence electrons. The Hall–Kier alpha value is -0.550. The van der Waals surface area contributed by atoms with Crippen molar-refractivity contribution in [2.75, 3.05) is 12.3 Å². The third-order valence-electron chi connectivity index (χ3n) is 2.49. The van der Waals surface area contributed by atoms with Crippen LogP contribution in [-0.4, -0.2) is 32.6 Å². The van der Waals surface area contributed by atoms with Crippen LogP contribution in [-0.2, 0) is 7.05 Å². The van der Waals surface area contributed by atoms with Gasteiger partial charge in [-0.25, -0.2) is 0 Å². The number of rotatable bonds is 6. The molecule has 0 aliphatic heterocycles. The van der Waals surface area contributed by atoms with Crippen molar-refractivity contribution >= 4 is 11.8 Å². The first-order valence-electron chi connectivity index (χ1n) is 5.27. The second kappa shape index (κ2) is 5.51. The highest BCUT2D eigenvalue weighted by Crippen LogP contribution is 2.13. The molecule has 0 bridgehead atoms. The van der Waals surface area contributed by atoms with E-state index in [2.05, 4.69) is 36.3 Å². The van der Waals surface area contributed by atoms with Crippen molar-refractivity contribution in [3.05, 3.63) is 6.33 Å². The summed E-state index contributed by atoms with van der Waals surface area (Å²) in [5, 5.41) is 12.3. The Morgan fingerprint density at radius 1 is 1.53 bits per heavy atom. The summed E-state index contributed by atoms with van der Waals surface area (Å²) in [5.41, 5.74) is 0.237. The molecule has 0 fully saturated rings. The van der Waals surface area contributed by atoms with Crippen LogP contribution in [0.1, 0.15) is 27.2 Å². The minimum Gasteiger partial charge on any atom is -0.312 e. The fraction of sp³-hybridized carbons (Fsp3) is 0.800. The maximum Gasteiger partial charge on any atom is 0.190 e. The van der Waals surface area contributed by atoms with E-state index in [1.54, 1.807) is 18.1 Å². The third kappa shape index (κ3) is 4.22. The van der Waals surface area contributed by atoms with Crippen LogP contribution >= 0.6 is 11.8 Å². The molecule has 1 N–H and O–H groups in total. The number of hydrogen-bond donors (Lipinski definition) is 1. The minimum absolute atomic E-state index is 0.237. The predicted octanol–water partition coefficient (Wildman–Crippen LogP) is 1.69. The number of nitrogens with one attached hydrogen (secondary N) is 1. The maximum atomic E-state index is 4.02. The Kier molecular flexibility index (Phi) is 4.60. The molecule has 0 unspecified atom stereocenters. The van der Waals surface area contributed by atoms with Gasteiger partial charge in [0.05, 0.1) is 0 Å². The average Bonchev–Trinajstić information content (AvgIpc) is 2.59. The van der Waals surface area contributed by atoms with E-state index in [1.807, 2.05) is 11.6 Å². The van der Waals surface area contributed by atoms with Gasteiger partial charge in [0.25, 0.3) is 0 Å². The lowest BCUT2D eigenvalue weighted by Gasteiger charge is -2.24. The first kappa shape index (κ1) is 12.5. The van der Waals surface area contributed by atoms with E-state index in [9.17, 15) is 0 Å². The molecule has 15 heavy (non-hydrogen) atoms. The van der Waals surface area contributed by atoms with Crippen LogP contribution in [0, 0.1) is 0 Å². The van der Waals surface area contributed by atoms with E-state index in [0.717, 1.165) is 23.9 Å². The van der Waals surface area contributed by atoms with Gasteiger partial charge in [-0.15, -0.1) is 10.2 Å². The summed E-state index contributed by atoms with van der Waals surface area (Å²) < 4.78 is 1.94. The van der Waals surface area contributed by atoms with Crippen LogP contribution in [0.2, 0.25) is 0 Å². The van der Waals surface area contributed by atoms with Crippen LogP contribution in [0.5, 0.6) is 0 Å². The van der Waals surface area contributed by atoms with Gasteiger partial charge in [-0.3, -0.25) is 0 Å². The predicted molar refractivity (Wildman–Crippen MR) is 64.1 cm³/mol. The lowest BCUT2D eigenvalue weighted by molar-refractivity contribution is 0.388. The van der Waals surface area contributed by atoms with E-state index in [1.165, 1.54) is 0 Å². The lowest BCUT2D eigenvalue weighted by Crippen LogP contribution is -2.39.